The van der Waals surface area contributed by atoms with Crippen LogP contribution in [0.3, 0.4) is 0 Å². The molecule has 1 N–H and O–H groups in total. The Morgan fingerprint density at radius 1 is 1.20 bits per heavy atom. The topological polar surface area (TPSA) is 21.3 Å². The molecule has 1 aromatic carbocycles. The van der Waals surface area contributed by atoms with Crippen LogP contribution >= 0.6 is 0 Å². The molecule has 0 aromatic heterocycles. The molecule has 0 aliphatic rings. The number of hydrogen-bond donors (Lipinski definition) is 1. The molecule has 20 heavy (non-hydrogen) atoms. The predicted octanol–water partition coefficient (Wildman–Crippen LogP) is 3.22. The van der Waals surface area contributed by atoms with Gasteiger partial charge < -0.3 is 10.1 Å². The summed E-state index contributed by atoms with van der Waals surface area (Å²) >= 11 is 0. The molecule has 1 aromatic rings. The van der Waals surface area contributed by atoms with Gasteiger partial charge in [-0.15, -0.1) is 0 Å². The van der Waals surface area contributed by atoms with Crippen LogP contribution in [0.25, 0.3) is 0 Å². The van der Waals surface area contributed by atoms with Gasteiger partial charge in [-0.25, -0.2) is 13.2 Å². The molecule has 114 valence electrons. The molecule has 0 aliphatic carbocycles. The molecule has 0 heterocycles. The van der Waals surface area contributed by atoms with E-state index in [1.807, 2.05) is 0 Å². The van der Waals surface area contributed by atoms with Gasteiger partial charge in [0.25, 0.3) is 6.43 Å². The molecular weight excluding hydrogens is 288 g/mol. The van der Waals surface area contributed by atoms with Crippen molar-refractivity contribution in [1.82, 2.24) is 5.32 Å². The Hall–Kier alpha value is -1.28. The van der Waals surface area contributed by atoms with E-state index in [2.05, 4.69) is 10.1 Å². The van der Waals surface area contributed by atoms with E-state index in [0.29, 0.717) is 6.07 Å². The van der Waals surface area contributed by atoms with Crippen LogP contribution in [0, 0.1) is 5.82 Å². The standard InChI is InChI=1S/C12H13F6NO/c13-9-2-1-8(10(5-9)12(16,17)18)6-19-3-4-20-7-11(14)15/h1-2,5,11,19H,3-4,6-7H2. The van der Waals surface area contributed by atoms with E-state index in [1.54, 1.807) is 0 Å². The summed E-state index contributed by atoms with van der Waals surface area (Å²) in [4.78, 5) is 0. The lowest BCUT2D eigenvalue weighted by molar-refractivity contribution is -0.138. The maximum absolute atomic E-state index is 12.8. The van der Waals surface area contributed by atoms with Crippen molar-refractivity contribution in [2.24, 2.45) is 0 Å². The van der Waals surface area contributed by atoms with Crippen LogP contribution in [0.4, 0.5) is 26.3 Å². The molecular formula is C12H13F6NO. The first-order chi connectivity index (χ1) is 9.30. The summed E-state index contributed by atoms with van der Waals surface area (Å²) < 4.78 is 78.8. The SMILES string of the molecule is Fc1ccc(CNCCOCC(F)F)c(C(F)(F)F)c1. The predicted molar refractivity (Wildman–Crippen MR) is 59.9 cm³/mol. The molecule has 0 bridgehead atoms. The molecule has 0 amide bonds. The molecule has 0 radical (unpaired) electrons. The Bertz CT molecular complexity index is 421. The minimum atomic E-state index is -4.65. The van der Waals surface area contributed by atoms with Gasteiger partial charge in [-0.1, -0.05) is 6.07 Å². The summed E-state index contributed by atoms with van der Waals surface area (Å²) in [5.74, 6) is -0.971. The average Bonchev–Trinajstić information content (AvgIpc) is 2.33. The Labute approximate surface area is 111 Å². The number of nitrogens with one attached hydrogen (secondary N) is 1. The van der Waals surface area contributed by atoms with E-state index in [1.165, 1.54) is 0 Å². The minimum absolute atomic E-state index is 0.0487. The van der Waals surface area contributed by atoms with Crippen molar-refractivity contribution < 1.29 is 31.1 Å². The monoisotopic (exact) mass is 301 g/mol. The first-order valence-corrected chi connectivity index (χ1v) is 5.73. The fraction of sp³-hybridized carbons (Fsp3) is 0.500. The van der Waals surface area contributed by atoms with Gasteiger partial charge in [-0.3, -0.25) is 0 Å². The highest BCUT2D eigenvalue weighted by atomic mass is 19.4. The highest BCUT2D eigenvalue weighted by molar-refractivity contribution is 5.30. The first kappa shape index (κ1) is 16.8. The van der Waals surface area contributed by atoms with E-state index in [-0.39, 0.29) is 25.3 Å². The van der Waals surface area contributed by atoms with E-state index in [0.717, 1.165) is 12.1 Å². The van der Waals surface area contributed by atoms with E-state index < -0.39 is 30.6 Å². The van der Waals surface area contributed by atoms with Gasteiger partial charge in [-0.2, -0.15) is 13.2 Å². The largest absolute Gasteiger partial charge is 0.416 e. The van der Waals surface area contributed by atoms with Crippen LogP contribution in [-0.2, 0) is 17.5 Å². The summed E-state index contributed by atoms with van der Waals surface area (Å²) in [5, 5.41) is 2.62. The van der Waals surface area contributed by atoms with Crippen LogP contribution in [0.1, 0.15) is 11.1 Å². The molecule has 0 unspecified atom stereocenters. The molecule has 1 rings (SSSR count). The Balaban J connectivity index is 2.48. The fourth-order valence-electron chi connectivity index (χ4n) is 1.51. The zero-order valence-electron chi connectivity index (χ0n) is 10.3. The normalized spacial score (nSPS) is 12.2. The van der Waals surface area contributed by atoms with Gasteiger partial charge in [-0.05, 0) is 17.7 Å². The summed E-state index contributed by atoms with van der Waals surface area (Å²) in [6.45, 7) is -0.812. The van der Waals surface area contributed by atoms with Crippen molar-refractivity contribution in [3.8, 4) is 0 Å². The second-order valence-corrected chi connectivity index (χ2v) is 3.94. The maximum atomic E-state index is 12.8. The fourth-order valence-corrected chi connectivity index (χ4v) is 1.51. The number of benzene rings is 1. The van der Waals surface area contributed by atoms with Gasteiger partial charge in [0.1, 0.15) is 12.4 Å². The van der Waals surface area contributed by atoms with Gasteiger partial charge in [0, 0.05) is 13.1 Å². The van der Waals surface area contributed by atoms with E-state index >= 15 is 0 Å². The van der Waals surface area contributed by atoms with Crippen molar-refractivity contribution in [3.63, 3.8) is 0 Å². The summed E-state index contributed by atoms with van der Waals surface area (Å²) in [7, 11) is 0. The Morgan fingerprint density at radius 2 is 1.90 bits per heavy atom. The quantitative estimate of drug-likeness (QED) is 0.617. The van der Waals surface area contributed by atoms with Crippen LogP contribution in [-0.4, -0.2) is 26.2 Å². The van der Waals surface area contributed by atoms with Gasteiger partial charge in [0.15, 0.2) is 0 Å². The number of ether oxygens (including phenoxy) is 1. The minimum Gasteiger partial charge on any atom is -0.374 e. The second kappa shape index (κ2) is 7.49. The lowest BCUT2D eigenvalue weighted by Gasteiger charge is -2.13. The molecule has 0 aliphatic heterocycles. The zero-order chi connectivity index (χ0) is 15.2. The van der Waals surface area contributed by atoms with Gasteiger partial charge in [0.2, 0.25) is 0 Å². The Kier molecular flexibility index (Phi) is 6.28. The van der Waals surface area contributed by atoms with Crippen LogP contribution in [0.2, 0.25) is 0 Å². The van der Waals surface area contributed by atoms with Gasteiger partial charge in [0.05, 0.1) is 12.2 Å². The van der Waals surface area contributed by atoms with Crippen molar-refractivity contribution in [2.45, 2.75) is 19.1 Å². The summed E-state index contributed by atoms with van der Waals surface area (Å²) in [6.07, 6.45) is -7.23. The number of alkyl halides is 5. The van der Waals surface area contributed by atoms with E-state index in [4.69, 9.17) is 0 Å². The van der Waals surface area contributed by atoms with Crippen molar-refractivity contribution >= 4 is 0 Å². The average molecular weight is 301 g/mol. The highest BCUT2D eigenvalue weighted by Crippen LogP contribution is 2.32. The zero-order valence-corrected chi connectivity index (χ0v) is 10.3. The Morgan fingerprint density at radius 3 is 2.50 bits per heavy atom. The number of hydrogen-bond acceptors (Lipinski definition) is 2. The lowest BCUT2D eigenvalue weighted by atomic mass is 10.1. The lowest BCUT2D eigenvalue weighted by Crippen LogP contribution is -2.22. The molecule has 0 atom stereocenters. The molecule has 0 spiro atoms. The molecule has 0 fully saturated rings. The van der Waals surface area contributed by atoms with Crippen molar-refractivity contribution in [2.75, 3.05) is 19.8 Å². The van der Waals surface area contributed by atoms with Crippen LogP contribution < -0.4 is 5.32 Å². The second-order valence-electron chi connectivity index (χ2n) is 3.94. The molecule has 8 heteroatoms. The third-order valence-electron chi connectivity index (χ3n) is 2.36. The molecule has 2 nitrogen and oxygen atoms in total. The first-order valence-electron chi connectivity index (χ1n) is 5.73. The number of halogens is 6. The summed E-state index contributed by atoms with van der Waals surface area (Å²) in [5.41, 5.74) is -1.17. The van der Waals surface area contributed by atoms with Gasteiger partial charge >= 0.3 is 6.18 Å². The van der Waals surface area contributed by atoms with E-state index in [9.17, 15) is 26.3 Å². The highest BCUT2D eigenvalue weighted by Gasteiger charge is 2.33. The third-order valence-corrected chi connectivity index (χ3v) is 2.36. The molecule has 0 saturated carbocycles. The van der Waals surface area contributed by atoms with Crippen LogP contribution in [0.15, 0.2) is 18.2 Å². The van der Waals surface area contributed by atoms with Crippen molar-refractivity contribution in [3.05, 3.63) is 35.1 Å². The summed E-state index contributed by atoms with van der Waals surface area (Å²) in [6, 6.07) is 2.38. The number of rotatable bonds is 7. The smallest absolute Gasteiger partial charge is 0.374 e. The van der Waals surface area contributed by atoms with Crippen LogP contribution in [0.5, 0.6) is 0 Å². The third kappa shape index (κ3) is 5.79. The van der Waals surface area contributed by atoms with Crippen molar-refractivity contribution in [1.29, 1.82) is 0 Å². The maximum Gasteiger partial charge on any atom is 0.416 e. The molecule has 0 saturated heterocycles.